The number of hydrogen-bond acceptors (Lipinski definition) is 7. The fourth-order valence-corrected chi connectivity index (χ4v) is 3.07. The van der Waals surface area contributed by atoms with E-state index in [4.69, 9.17) is 10.5 Å². The van der Waals surface area contributed by atoms with E-state index in [2.05, 4.69) is 25.1 Å². The fourth-order valence-electron chi connectivity index (χ4n) is 3.07. The van der Waals surface area contributed by atoms with E-state index in [1.54, 1.807) is 0 Å². The second-order valence-electron chi connectivity index (χ2n) is 6.19. The number of aryl methyl sites for hydroxylation is 1. The average Bonchev–Trinajstić information content (AvgIpc) is 2.69. The first kappa shape index (κ1) is 16.4. The summed E-state index contributed by atoms with van der Waals surface area (Å²) in [6.45, 7) is 5.06. The topological polar surface area (TPSA) is 90.0 Å². The van der Waals surface area contributed by atoms with Crippen LogP contribution in [0.4, 0.5) is 11.8 Å². The van der Waals surface area contributed by atoms with Gasteiger partial charge in [-0.15, -0.1) is 10.2 Å². The van der Waals surface area contributed by atoms with Crippen molar-refractivity contribution in [2.24, 2.45) is 0 Å². The molecule has 1 fully saturated rings. The zero-order valence-electron chi connectivity index (χ0n) is 14.6. The van der Waals surface area contributed by atoms with Crippen molar-refractivity contribution in [1.29, 1.82) is 0 Å². The normalized spacial score (nSPS) is 14.4. The lowest BCUT2D eigenvalue weighted by Gasteiger charge is -2.28. The summed E-state index contributed by atoms with van der Waals surface area (Å²) in [5.74, 6) is 1.08. The van der Waals surface area contributed by atoms with Crippen molar-refractivity contribution in [3.8, 4) is 22.5 Å². The molecule has 3 heterocycles. The van der Waals surface area contributed by atoms with Gasteiger partial charge in [0.25, 0.3) is 0 Å². The van der Waals surface area contributed by atoms with Crippen LogP contribution in [-0.2, 0) is 4.74 Å². The molecular weight excluding hydrogens is 328 g/mol. The predicted molar refractivity (Wildman–Crippen MR) is 101 cm³/mol. The number of rotatable bonds is 3. The summed E-state index contributed by atoms with van der Waals surface area (Å²) in [6.07, 6.45) is 0. The van der Waals surface area contributed by atoms with Crippen LogP contribution in [0.3, 0.4) is 0 Å². The molecule has 0 radical (unpaired) electrons. The van der Waals surface area contributed by atoms with Gasteiger partial charge in [-0.1, -0.05) is 30.3 Å². The zero-order chi connectivity index (χ0) is 17.9. The van der Waals surface area contributed by atoms with Crippen LogP contribution in [0.1, 0.15) is 5.69 Å². The first-order valence-electron chi connectivity index (χ1n) is 8.58. The van der Waals surface area contributed by atoms with Crippen LogP contribution in [-0.4, -0.2) is 46.5 Å². The lowest BCUT2D eigenvalue weighted by molar-refractivity contribution is 0.122. The third kappa shape index (κ3) is 3.34. The molecule has 1 saturated heterocycles. The lowest BCUT2D eigenvalue weighted by Crippen LogP contribution is -2.36. The number of nitrogen functional groups attached to an aromatic ring is 1. The highest BCUT2D eigenvalue weighted by Crippen LogP contribution is 2.31. The maximum atomic E-state index is 5.80. The van der Waals surface area contributed by atoms with Gasteiger partial charge in [0.05, 0.1) is 13.2 Å². The Hall–Kier alpha value is -3.06. The molecule has 132 valence electrons. The monoisotopic (exact) mass is 348 g/mol. The molecule has 7 heteroatoms. The molecule has 0 bridgehead atoms. The molecule has 7 nitrogen and oxygen atoms in total. The summed E-state index contributed by atoms with van der Waals surface area (Å²) in [4.78, 5) is 11.3. The van der Waals surface area contributed by atoms with Gasteiger partial charge < -0.3 is 15.4 Å². The van der Waals surface area contributed by atoms with Crippen LogP contribution in [0.5, 0.6) is 0 Å². The Kier molecular flexibility index (Phi) is 4.45. The predicted octanol–water partition coefficient (Wildman–Crippen LogP) is 2.33. The number of anilines is 2. The zero-order valence-corrected chi connectivity index (χ0v) is 14.6. The number of aromatic nitrogens is 4. The molecule has 0 unspecified atom stereocenters. The van der Waals surface area contributed by atoms with Gasteiger partial charge >= 0.3 is 0 Å². The Bertz CT molecular complexity index is 909. The maximum absolute atomic E-state index is 5.80. The van der Waals surface area contributed by atoms with Crippen molar-refractivity contribution in [3.05, 3.63) is 48.2 Å². The fraction of sp³-hybridized carbons (Fsp3) is 0.263. The molecule has 0 saturated carbocycles. The minimum absolute atomic E-state index is 0.159. The van der Waals surface area contributed by atoms with Crippen LogP contribution in [0, 0.1) is 6.92 Å². The molecule has 1 aromatic carbocycles. The summed E-state index contributed by atoms with van der Waals surface area (Å²) < 4.78 is 5.44. The van der Waals surface area contributed by atoms with Crippen LogP contribution in [0.15, 0.2) is 42.5 Å². The van der Waals surface area contributed by atoms with Crippen molar-refractivity contribution in [3.63, 3.8) is 0 Å². The number of pyridine rings is 1. The quantitative estimate of drug-likeness (QED) is 0.777. The Morgan fingerprint density at radius 2 is 1.69 bits per heavy atom. The van der Waals surface area contributed by atoms with Crippen LogP contribution < -0.4 is 10.6 Å². The minimum Gasteiger partial charge on any atom is -0.378 e. The average molecular weight is 348 g/mol. The van der Waals surface area contributed by atoms with Gasteiger partial charge in [-0.25, -0.2) is 9.97 Å². The molecular formula is C19H20N6O. The molecule has 4 rings (SSSR count). The molecule has 2 aromatic heterocycles. The molecule has 3 aromatic rings. The van der Waals surface area contributed by atoms with Gasteiger partial charge in [-0.3, -0.25) is 0 Å². The maximum Gasteiger partial charge on any atom is 0.240 e. The van der Waals surface area contributed by atoms with E-state index < -0.39 is 0 Å². The molecule has 2 N–H and O–H groups in total. The highest BCUT2D eigenvalue weighted by Gasteiger charge is 2.17. The number of ether oxygens (including phenoxy) is 1. The van der Waals surface area contributed by atoms with Gasteiger partial charge in [-0.2, -0.15) is 0 Å². The van der Waals surface area contributed by atoms with E-state index in [9.17, 15) is 0 Å². The Morgan fingerprint density at radius 3 is 2.46 bits per heavy atom. The Morgan fingerprint density at radius 1 is 0.923 bits per heavy atom. The molecule has 26 heavy (non-hydrogen) atoms. The highest BCUT2D eigenvalue weighted by molar-refractivity contribution is 5.79. The van der Waals surface area contributed by atoms with E-state index in [0.717, 1.165) is 41.4 Å². The van der Waals surface area contributed by atoms with Crippen molar-refractivity contribution in [2.75, 3.05) is 36.9 Å². The van der Waals surface area contributed by atoms with Gasteiger partial charge in [-0.05, 0) is 19.1 Å². The van der Waals surface area contributed by atoms with Crippen LogP contribution >= 0.6 is 0 Å². The molecule has 1 aliphatic rings. The van der Waals surface area contributed by atoms with Gasteiger partial charge in [0.15, 0.2) is 0 Å². The summed E-state index contributed by atoms with van der Waals surface area (Å²) in [5.41, 5.74) is 10.0. The van der Waals surface area contributed by atoms with E-state index >= 15 is 0 Å². The smallest absolute Gasteiger partial charge is 0.240 e. The van der Waals surface area contributed by atoms with E-state index in [1.165, 1.54) is 0 Å². The van der Waals surface area contributed by atoms with Gasteiger partial charge in [0, 0.05) is 29.9 Å². The van der Waals surface area contributed by atoms with Gasteiger partial charge in [0.1, 0.15) is 17.2 Å². The third-order valence-corrected chi connectivity index (χ3v) is 4.30. The first-order valence-corrected chi connectivity index (χ1v) is 8.58. The summed E-state index contributed by atoms with van der Waals surface area (Å²) in [6, 6.07) is 13.9. The minimum atomic E-state index is 0.159. The SMILES string of the molecule is Cc1cc(-c2nnc(N)nc2-c2ccccc2)cc(N2CCOCC2)n1. The van der Waals surface area contributed by atoms with Crippen molar-refractivity contribution in [2.45, 2.75) is 6.92 Å². The van der Waals surface area contributed by atoms with E-state index in [1.807, 2.05) is 49.4 Å². The Labute approximate surface area is 151 Å². The van der Waals surface area contributed by atoms with Gasteiger partial charge in [0.2, 0.25) is 5.95 Å². The molecule has 0 aliphatic carbocycles. The number of morpholine rings is 1. The number of hydrogen-bond donors (Lipinski definition) is 1. The van der Waals surface area contributed by atoms with Crippen LogP contribution in [0.25, 0.3) is 22.5 Å². The molecule has 0 atom stereocenters. The van der Waals surface area contributed by atoms with Crippen LogP contribution in [0.2, 0.25) is 0 Å². The number of nitrogens with two attached hydrogens (primary N) is 1. The third-order valence-electron chi connectivity index (χ3n) is 4.30. The second kappa shape index (κ2) is 7.05. The summed E-state index contributed by atoms with van der Waals surface area (Å²) >= 11 is 0. The molecule has 0 spiro atoms. The number of nitrogens with zero attached hydrogens (tertiary/aromatic N) is 5. The first-order chi connectivity index (χ1) is 12.7. The van der Waals surface area contributed by atoms with E-state index in [0.29, 0.717) is 18.9 Å². The number of benzene rings is 1. The van der Waals surface area contributed by atoms with Crippen molar-refractivity contribution < 1.29 is 4.74 Å². The molecule has 0 amide bonds. The van der Waals surface area contributed by atoms with Crippen molar-refractivity contribution in [1.82, 2.24) is 20.2 Å². The standard InChI is InChI=1S/C19H20N6O/c1-13-11-15(12-16(21-13)25-7-9-26-10-8-25)18-17(22-19(20)24-23-18)14-5-3-2-4-6-14/h2-6,11-12H,7-10H2,1H3,(H2,20,22,24). The molecule has 1 aliphatic heterocycles. The summed E-state index contributed by atoms with van der Waals surface area (Å²) in [7, 11) is 0. The lowest BCUT2D eigenvalue weighted by atomic mass is 10.0. The largest absolute Gasteiger partial charge is 0.378 e. The summed E-state index contributed by atoms with van der Waals surface area (Å²) in [5, 5.41) is 8.32. The Balaban J connectivity index is 1.82. The van der Waals surface area contributed by atoms with Crippen molar-refractivity contribution >= 4 is 11.8 Å². The second-order valence-corrected chi connectivity index (χ2v) is 6.19. The van der Waals surface area contributed by atoms with E-state index in [-0.39, 0.29) is 5.95 Å². The highest BCUT2D eigenvalue weighted by atomic mass is 16.5.